The fourth-order valence-electron chi connectivity index (χ4n) is 4.32. The van der Waals surface area contributed by atoms with Gasteiger partial charge in [-0.2, -0.15) is 0 Å². The van der Waals surface area contributed by atoms with Crippen LogP contribution in [0.4, 0.5) is 5.82 Å². The number of pyridine rings is 1. The summed E-state index contributed by atoms with van der Waals surface area (Å²) in [7, 11) is 1.81. The van der Waals surface area contributed by atoms with Crippen molar-refractivity contribution in [3.63, 3.8) is 0 Å². The zero-order valence-corrected chi connectivity index (χ0v) is 20.4. The zero-order chi connectivity index (χ0) is 25.5. The summed E-state index contributed by atoms with van der Waals surface area (Å²) in [5.74, 6) is 6.12. The molecule has 0 radical (unpaired) electrons. The number of rotatable bonds is 7. The quantitative estimate of drug-likeness (QED) is 0.445. The Hall–Kier alpha value is -4.42. The molecule has 4 rings (SSSR count). The number of anilines is 1. The number of nitrogens with zero attached hydrogens (tertiary/aromatic N) is 4. The Bertz CT molecular complexity index is 1320. The first-order valence-electron chi connectivity index (χ1n) is 11.8. The molecule has 184 valence electrons. The standard InChI is InChI=1S/C27H29N7O2/c1-3-7-24(35)33-16-6-8-21(33)26-32-25(22(18-28)34(26)17-15-29-2)19-10-12-20(13-11-19)27(36)31-23-9-4-5-14-30-23/h4-5,9-15,17,21,29H,6,8,16,18,28H2,1-2H3,(H,30,31,36)/b17-15-/t21-/m0/s1. The molecule has 1 aliphatic rings. The SMILES string of the molecule is CC#CC(=O)N1CCC[C@H]1c1nc(-c2ccc(C(=O)Nc3ccccn3)cc2)c(CN)n1/C=C\NC. The molecule has 0 spiro atoms. The van der Waals surface area contributed by atoms with E-state index in [-0.39, 0.29) is 24.4 Å². The Balaban J connectivity index is 1.69. The van der Waals surface area contributed by atoms with Crippen LogP contribution in [0.1, 0.15) is 47.7 Å². The van der Waals surface area contributed by atoms with Crippen molar-refractivity contribution in [3.8, 4) is 23.1 Å². The van der Waals surface area contributed by atoms with Gasteiger partial charge in [-0.1, -0.05) is 24.1 Å². The molecule has 1 aliphatic heterocycles. The summed E-state index contributed by atoms with van der Waals surface area (Å²) in [6.07, 6.45) is 6.95. The van der Waals surface area contributed by atoms with E-state index in [4.69, 9.17) is 10.7 Å². The number of carbonyl (C=O) groups excluding carboxylic acids is 2. The van der Waals surface area contributed by atoms with Crippen LogP contribution in [0, 0.1) is 11.8 Å². The van der Waals surface area contributed by atoms with Gasteiger partial charge in [0.25, 0.3) is 11.8 Å². The average molecular weight is 484 g/mol. The van der Waals surface area contributed by atoms with Gasteiger partial charge in [0.2, 0.25) is 0 Å². The average Bonchev–Trinajstić information content (AvgIpc) is 3.53. The first kappa shape index (κ1) is 24.7. The highest BCUT2D eigenvalue weighted by molar-refractivity contribution is 6.04. The number of imidazole rings is 1. The predicted octanol–water partition coefficient (Wildman–Crippen LogP) is 2.99. The van der Waals surface area contributed by atoms with Gasteiger partial charge in [0.15, 0.2) is 0 Å². The molecular formula is C27H29N7O2. The number of nitrogens with two attached hydrogens (primary N) is 1. The molecule has 3 aromatic rings. The van der Waals surface area contributed by atoms with Crippen molar-refractivity contribution in [2.45, 2.75) is 32.4 Å². The molecule has 2 amide bonds. The van der Waals surface area contributed by atoms with E-state index in [1.54, 1.807) is 48.5 Å². The lowest BCUT2D eigenvalue weighted by atomic mass is 10.1. The minimum atomic E-state index is -0.250. The van der Waals surface area contributed by atoms with Crippen molar-refractivity contribution in [1.82, 2.24) is 24.8 Å². The summed E-state index contributed by atoms with van der Waals surface area (Å²) >= 11 is 0. The fraction of sp³-hybridized carbons (Fsp3) is 0.259. The molecule has 1 atom stereocenters. The maximum atomic E-state index is 12.6. The van der Waals surface area contributed by atoms with Crippen LogP contribution in [0.5, 0.6) is 0 Å². The maximum absolute atomic E-state index is 12.6. The third kappa shape index (κ3) is 5.14. The van der Waals surface area contributed by atoms with E-state index in [2.05, 4.69) is 27.5 Å². The smallest absolute Gasteiger partial charge is 0.299 e. The number of hydrogen-bond acceptors (Lipinski definition) is 6. The van der Waals surface area contributed by atoms with Gasteiger partial charge in [-0.05, 0) is 50.0 Å². The van der Waals surface area contributed by atoms with Gasteiger partial charge in [-0.3, -0.25) is 9.59 Å². The van der Waals surface area contributed by atoms with Gasteiger partial charge >= 0.3 is 0 Å². The number of hydrogen-bond donors (Lipinski definition) is 3. The second kappa shape index (κ2) is 11.3. The summed E-state index contributed by atoms with van der Waals surface area (Å²) < 4.78 is 1.95. The van der Waals surface area contributed by atoms with Gasteiger partial charge < -0.3 is 25.8 Å². The van der Waals surface area contributed by atoms with E-state index in [1.807, 2.05) is 36.0 Å². The van der Waals surface area contributed by atoms with Crippen LogP contribution in [0.25, 0.3) is 17.5 Å². The molecule has 1 fully saturated rings. The van der Waals surface area contributed by atoms with Crippen LogP contribution in [-0.4, -0.2) is 44.8 Å². The second-order valence-electron chi connectivity index (χ2n) is 8.22. The summed E-state index contributed by atoms with van der Waals surface area (Å²) in [4.78, 5) is 36.1. The molecule has 1 aromatic carbocycles. The maximum Gasteiger partial charge on any atom is 0.299 e. The molecule has 1 saturated heterocycles. The van der Waals surface area contributed by atoms with E-state index in [9.17, 15) is 9.59 Å². The van der Waals surface area contributed by atoms with Crippen molar-refractivity contribution in [3.05, 3.63) is 71.9 Å². The van der Waals surface area contributed by atoms with Crippen LogP contribution in [-0.2, 0) is 11.3 Å². The van der Waals surface area contributed by atoms with E-state index < -0.39 is 0 Å². The molecule has 9 nitrogen and oxygen atoms in total. The molecule has 0 unspecified atom stereocenters. The summed E-state index contributed by atoms with van der Waals surface area (Å²) in [6, 6.07) is 12.3. The topological polar surface area (TPSA) is 118 Å². The lowest BCUT2D eigenvalue weighted by Gasteiger charge is -2.22. The number of carbonyl (C=O) groups is 2. The highest BCUT2D eigenvalue weighted by Gasteiger charge is 2.34. The number of aromatic nitrogens is 3. The Kier molecular flexibility index (Phi) is 7.78. The molecule has 2 aromatic heterocycles. The molecule has 4 N–H and O–H groups in total. The molecule has 3 heterocycles. The van der Waals surface area contributed by atoms with Crippen LogP contribution in [0.3, 0.4) is 0 Å². The van der Waals surface area contributed by atoms with Crippen molar-refractivity contribution >= 4 is 23.8 Å². The van der Waals surface area contributed by atoms with Gasteiger partial charge in [0.1, 0.15) is 11.6 Å². The zero-order valence-electron chi connectivity index (χ0n) is 20.4. The van der Waals surface area contributed by atoms with Crippen molar-refractivity contribution in [2.75, 3.05) is 18.9 Å². The predicted molar refractivity (Wildman–Crippen MR) is 139 cm³/mol. The Labute approximate surface area is 210 Å². The molecule has 0 aliphatic carbocycles. The van der Waals surface area contributed by atoms with Crippen molar-refractivity contribution in [2.24, 2.45) is 5.73 Å². The van der Waals surface area contributed by atoms with E-state index >= 15 is 0 Å². The second-order valence-corrected chi connectivity index (χ2v) is 8.22. The Morgan fingerprint density at radius 1 is 1.22 bits per heavy atom. The van der Waals surface area contributed by atoms with Gasteiger partial charge in [-0.25, -0.2) is 9.97 Å². The largest absolute Gasteiger partial charge is 0.393 e. The minimum Gasteiger partial charge on any atom is -0.393 e. The number of nitrogens with one attached hydrogen (secondary N) is 2. The van der Waals surface area contributed by atoms with Crippen LogP contribution in [0.15, 0.2) is 54.9 Å². The van der Waals surface area contributed by atoms with Gasteiger partial charge in [0.05, 0.1) is 17.4 Å². The van der Waals surface area contributed by atoms with E-state index in [0.29, 0.717) is 23.6 Å². The molecule has 0 bridgehead atoms. The Morgan fingerprint density at radius 3 is 2.69 bits per heavy atom. The minimum absolute atomic E-state index is 0.203. The first-order chi connectivity index (χ1) is 17.6. The highest BCUT2D eigenvalue weighted by Crippen LogP contribution is 2.35. The third-order valence-corrected chi connectivity index (χ3v) is 5.99. The van der Waals surface area contributed by atoms with Crippen molar-refractivity contribution < 1.29 is 9.59 Å². The highest BCUT2D eigenvalue weighted by atomic mass is 16.2. The Morgan fingerprint density at radius 2 is 2.03 bits per heavy atom. The third-order valence-electron chi connectivity index (χ3n) is 5.99. The monoisotopic (exact) mass is 483 g/mol. The van der Waals surface area contributed by atoms with Gasteiger partial charge in [0, 0.05) is 49.9 Å². The number of amides is 2. The normalized spacial score (nSPS) is 15.0. The molecule has 9 heteroatoms. The van der Waals surface area contributed by atoms with Crippen LogP contribution in [0.2, 0.25) is 0 Å². The molecule has 36 heavy (non-hydrogen) atoms. The van der Waals surface area contributed by atoms with Crippen molar-refractivity contribution in [1.29, 1.82) is 0 Å². The fourth-order valence-corrected chi connectivity index (χ4v) is 4.32. The summed E-state index contributed by atoms with van der Waals surface area (Å²) in [5.41, 5.74) is 9.04. The van der Waals surface area contributed by atoms with Crippen LogP contribution < -0.4 is 16.4 Å². The summed E-state index contributed by atoms with van der Waals surface area (Å²) in [5, 5.41) is 5.79. The molecular weight excluding hydrogens is 454 g/mol. The first-order valence-corrected chi connectivity index (χ1v) is 11.8. The summed E-state index contributed by atoms with van der Waals surface area (Å²) in [6.45, 7) is 2.53. The lowest BCUT2D eigenvalue weighted by molar-refractivity contribution is -0.126. The van der Waals surface area contributed by atoms with Crippen LogP contribution >= 0.6 is 0 Å². The number of likely N-dealkylation sites (tertiary alicyclic amines) is 1. The molecule has 0 saturated carbocycles. The van der Waals surface area contributed by atoms with Gasteiger partial charge in [-0.15, -0.1) is 0 Å². The van der Waals surface area contributed by atoms with E-state index in [0.717, 1.165) is 29.9 Å². The lowest BCUT2D eigenvalue weighted by Crippen LogP contribution is -2.30. The number of benzene rings is 1. The van der Waals surface area contributed by atoms with E-state index in [1.165, 1.54) is 0 Å².